The summed E-state index contributed by atoms with van der Waals surface area (Å²) in [6.45, 7) is 10.6. The summed E-state index contributed by atoms with van der Waals surface area (Å²) in [6, 6.07) is 0. The molecule has 6 aliphatic heterocycles. The lowest BCUT2D eigenvalue weighted by molar-refractivity contribution is -0.377. The average molecular weight is 1370 g/mol. The lowest BCUT2D eigenvalue weighted by atomic mass is 9.32. The van der Waals surface area contributed by atoms with Crippen LogP contribution in [0.15, 0.2) is 11.6 Å². The topological polar surface area (TPSA) is 512 Å². The Morgan fingerprint density at radius 2 is 1.13 bits per heavy atom. The molecule has 0 aromatic heterocycles. The van der Waals surface area contributed by atoms with Crippen LogP contribution in [0.4, 0.5) is 0 Å². The molecule has 0 amide bonds. The smallest absolute Gasteiger partial charge is 0.317 e. The molecule has 11 rings (SSSR count). The van der Waals surface area contributed by atoms with Crippen LogP contribution in [-0.2, 0) is 61.6 Å². The van der Waals surface area contributed by atoms with Crippen LogP contribution in [0.25, 0.3) is 0 Å². The van der Waals surface area contributed by atoms with E-state index in [0.717, 1.165) is 5.57 Å². The van der Waals surface area contributed by atoms with Gasteiger partial charge >= 0.3 is 5.97 Å². The molecule has 0 spiro atoms. The molecule has 38 unspecified atom stereocenters. The molecule has 38 atom stereocenters. The number of carbonyl (C=O) groups excluding carboxylic acids is 1. The maximum atomic E-state index is 15.5. The van der Waals surface area contributed by atoms with Gasteiger partial charge in [-0.3, -0.25) is 4.79 Å². The SMILES string of the molecule is CC1OC(OC2C(O)COC(OC3C(C)OC(OC4C(OC(=O)C56CCC(C)(C)CC5C5=CCC7C8(C)CC(O)C(OC9OC(CO)C(OC%10OCC(O)(CO)C%10O)C(O)C9O)C(C)(CO)C8C(O)CC7(C)C5(C)CC6O)OCC(O)C4O)C(O)C3O)C2O)C(O)C(O)C1O. The number of carbonyl (C=O) groups is 1. The fourth-order valence-corrected chi connectivity index (χ4v) is 19.0. The molecule has 0 radical (unpaired) electrons. The Kier molecular flexibility index (Phi) is 21.1. The van der Waals surface area contributed by atoms with Crippen LogP contribution in [-0.4, -0.2) is 326 Å². The minimum atomic E-state index is -2.10. The van der Waals surface area contributed by atoms with Crippen molar-refractivity contribution in [2.45, 2.75) is 284 Å². The van der Waals surface area contributed by atoms with Gasteiger partial charge in [-0.25, -0.2) is 0 Å². The van der Waals surface area contributed by atoms with Crippen molar-refractivity contribution in [2.24, 2.45) is 50.2 Å². The Morgan fingerprint density at radius 3 is 1.77 bits per heavy atom. The summed E-state index contributed by atoms with van der Waals surface area (Å²) < 4.78 is 70.4. The summed E-state index contributed by atoms with van der Waals surface area (Å²) in [4.78, 5) is 15.5. The van der Waals surface area contributed by atoms with Crippen molar-refractivity contribution in [1.29, 1.82) is 0 Å². The number of allylic oxidation sites excluding steroid dienone is 2. The molecule has 32 nitrogen and oxygen atoms in total. The molecular formula is C63H102O32. The van der Waals surface area contributed by atoms with Gasteiger partial charge in [0, 0.05) is 11.3 Å². The third-order valence-electron chi connectivity index (χ3n) is 24.5. The van der Waals surface area contributed by atoms with Gasteiger partial charge in [0.1, 0.15) is 109 Å². The van der Waals surface area contributed by atoms with Crippen molar-refractivity contribution in [3.63, 3.8) is 0 Å². The number of aliphatic hydroxyl groups excluding tert-OH is 18. The Morgan fingerprint density at radius 1 is 0.537 bits per heavy atom. The monoisotopic (exact) mass is 1370 g/mol. The van der Waals surface area contributed by atoms with E-state index in [9.17, 15) is 97.0 Å². The molecule has 546 valence electrons. The fourth-order valence-electron chi connectivity index (χ4n) is 19.0. The molecule has 5 aliphatic carbocycles. The maximum absolute atomic E-state index is 15.5. The van der Waals surface area contributed by atoms with E-state index in [-0.39, 0.29) is 31.6 Å². The van der Waals surface area contributed by atoms with E-state index in [2.05, 4.69) is 19.9 Å². The molecule has 0 aromatic carbocycles. The van der Waals surface area contributed by atoms with E-state index >= 15 is 4.79 Å². The van der Waals surface area contributed by atoms with Crippen LogP contribution in [0.3, 0.4) is 0 Å². The summed E-state index contributed by atoms with van der Waals surface area (Å²) >= 11 is 0. The van der Waals surface area contributed by atoms with E-state index in [1.807, 2.05) is 20.8 Å². The zero-order chi connectivity index (χ0) is 69.5. The molecule has 10 fully saturated rings. The third kappa shape index (κ3) is 12.2. The first-order valence-corrected chi connectivity index (χ1v) is 33.2. The Balaban J connectivity index is 0.796. The molecule has 0 aromatic rings. The highest BCUT2D eigenvalue weighted by molar-refractivity contribution is 5.80. The number of hydrogen-bond acceptors (Lipinski definition) is 32. The van der Waals surface area contributed by atoms with E-state index < -0.39 is 274 Å². The van der Waals surface area contributed by atoms with Gasteiger partial charge in [-0.2, -0.15) is 0 Å². The zero-order valence-electron chi connectivity index (χ0n) is 54.5. The second-order valence-electron chi connectivity index (χ2n) is 30.9. The van der Waals surface area contributed by atoms with E-state index in [1.165, 1.54) is 13.8 Å². The quantitative estimate of drug-likeness (QED) is 0.0412. The van der Waals surface area contributed by atoms with Gasteiger partial charge < -0.3 is 154 Å². The first-order valence-electron chi connectivity index (χ1n) is 33.2. The van der Waals surface area contributed by atoms with Gasteiger partial charge in [0.15, 0.2) is 37.6 Å². The molecule has 32 heteroatoms. The van der Waals surface area contributed by atoms with Crippen LogP contribution in [0.2, 0.25) is 0 Å². The number of rotatable bonds is 15. The summed E-state index contributed by atoms with van der Waals surface area (Å²) in [6.07, 6.45) is -43.9. The second-order valence-corrected chi connectivity index (χ2v) is 30.9. The molecule has 11 aliphatic rings. The first-order chi connectivity index (χ1) is 44.4. The molecule has 6 saturated heterocycles. The molecule has 19 N–H and O–H groups in total. The van der Waals surface area contributed by atoms with Gasteiger partial charge in [0.05, 0.1) is 76.3 Å². The van der Waals surface area contributed by atoms with Crippen LogP contribution < -0.4 is 0 Å². The molecule has 4 saturated carbocycles. The molecule has 0 bridgehead atoms. The van der Waals surface area contributed by atoms with E-state index in [4.69, 9.17) is 56.8 Å². The number of ether oxygens (including phenoxy) is 12. The molecule has 95 heavy (non-hydrogen) atoms. The third-order valence-corrected chi connectivity index (χ3v) is 24.5. The highest BCUT2D eigenvalue weighted by Gasteiger charge is 2.75. The van der Waals surface area contributed by atoms with Crippen molar-refractivity contribution in [2.75, 3.05) is 39.6 Å². The fraction of sp³-hybridized carbons (Fsp3) is 0.952. The van der Waals surface area contributed by atoms with Gasteiger partial charge in [0.25, 0.3) is 0 Å². The summed E-state index contributed by atoms with van der Waals surface area (Å²) in [5.74, 6) is -2.82. The first kappa shape index (κ1) is 74.2. The normalized spacial score (nSPS) is 56.3. The van der Waals surface area contributed by atoms with Gasteiger partial charge in [0.2, 0.25) is 6.29 Å². The molecule has 6 heterocycles. The minimum absolute atomic E-state index is 0.0260. The lowest BCUT2D eigenvalue weighted by Gasteiger charge is -2.73. The second kappa shape index (κ2) is 27.0. The Bertz CT molecular complexity index is 2720. The van der Waals surface area contributed by atoms with Gasteiger partial charge in [-0.1, -0.05) is 53.2 Å². The van der Waals surface area contributed by atoms with Crippen LogP contribution in [0.1, 0.15) is 100 Å². The summed E-state index contributed by atoms with van der Waals surface area (Å²) in [5.41, 5.74) is -7.68. The lowest BCUT2D eigenvalue weighted by Crippen LogP contribution is -2.73. The maximum Gasteiger partial charge on any atom is 0.317 e. The predicted molar refractivity (Wildman–Crippen MR) is 313 cm³/mol. The van der Waals surface area contributed by atoms with Crippen LogP contribution in [0.5, 0.6) is 0 Å². The van der Waals surface area contributed by atoms with Crippen LogP contribution >= 0.6 is 0 Å². The van der Waals surface area contributed by atoms with Crippen molar-refractivity contribution >= 4 is 5.97 Å². The summed E-state index contributed by atoms with van der Waals surface area (Å²) in [7, 11) is 0. The van der Waals surface area contributed by atoms with E-state index in [1.54, 1.807) is 6.92 Å². The highest BCUT2D eigenvalue weighted by Crippen LogP contribution is 2.76. The largest absolute Gasteiger partial charge is 0.432 e. The average Bonchev–Trinajstić information content (AvgIpc) is 0.816. The number of fused-ring (bicyclic) bond motifs is 7. The number of esters is 1. The van der Waals surface area contributed by atoms with Crippen molar-refractivity contribution < 1.29 is 159 Å². The van der Waals surface area contributed by atoms with Crippen molar-refractivity contribution in [3.8, 4) is 0 Å². The minimum Gasteiger partial charge on any atom is -0.432 e. The van der Waals surface area contributed by atoms with Gasteiger partial charge in [-0.05, 0) is 92.3 Å². The van der Waals surface area contributed by atoms with Crippen molar-refractivity contribution in [3.05, 3.63) is 11.6 Å². The summed E-state index contributed by atoms with van der Waals surface area (Å²) in [5, 5.41) is 213. The van der Waals surface area contributed by atoms with Crippen LogP contribution in [0, 0.1) is 50.2 Å². The number of hydrogen-bond donors (Lipinski definition) is 19. The van der Waals surface area contributed by atoms with Crippen molar-refractivity contribution in [1.82, 2.24) is 0 Å². The molecular weight excluding hydrogens is 1270 g/mol. The Hall–Kier alpha value is -1.99. The predicted octanol–water partition coefficient (Wildman–Crippen LogP) is -6.53. The highest BCUT2D eigenvalue weighted by atomic mass is 16.8. The zero-order valence-corrected chi connectivity index (χ0v) is 54.5. The van der Waals surface area contributed by atoms with Gasteiger partial charge in [-0.15, -0.1) is 0 Å². The number of aliphatic hydroxyl groups is 19. The van der Waals surface area contributed by atoms with E-state index in [0.29, 0.717) is 19.3 Å². The standard InChI is InChI=1S/C63H102O32/c1-23-34(72)36(74)39(77)51(87-23)91-44-30(70)19-84-50(42(44)80)90-43-24(2)88-52(40(78)37(43)75)93-46-35(73)29(69)18-85-54(46)95-56(82)63-12-11-57(3,4)13-26(63)25-9-10-32-58(5)14-28(68)49(59(6,20-65)47(58)27(67)15-61(32,8)60(25,7)16-33(63)71)94-53-41(79)38(76)45(31(17-64)89-53)92-55-48(81)62(83,21-66)22-86-55/h9,23-24,26-55,64-81,83H,10-22H2,1-8H3. The Labute approximate surface area is 548 Å².